The van der Waals surface area contributed by atoms with Crippen LogP contribution in [0.4, 0.5) is 10.7 Å². The molecule has 0 spiro atoms. The van der Waals surface area contributed by atoms with Crippen LogP contribution in [0.25, 0.3) is 0 Å². The Hall–Kier alpha value is -2.80. The Kier molecular flexibility index (Phi) is 4.50. The monoisotopic (exact) mass is 343 g/mol. The van der Waals surface area contributed by atoms with Gasteiger partial charge in [-0.25, -0.2) is 9.69 Å². The van der Waals surface area contributed by atoms with Gasteiger partial charge in [0.25, 0.3) is 0 Å². The van der Waals surface area contributed by atoms with Gasteiger partial charge in [0.15, 0.2) is 6.23 Å². The van der Waals surface area contributed by atoms with Gasteiger partial charge >= 0.3 is 6.03 Å². The molecule has 1 fully saturated rings. The molecular weight excluding hydrogens is 322 g/mol. The molecule has 3 rings (SSSR count). The number of anilines is 1. The number of rotatable bonds is 6. The molecule has 1 aliphatic rings. The number of carbonyl (C=O) groups excluding carboxylic acids is 1. The molecule has 7 heteroatoms. The first-order valence-corrected chi connectivity index (χ1v) is 8.01. The number of para-hydroxylation sites is 1. The molecule has 132 valence electrons. The largest absolute Gasteiger partial charge is 0.481 e. The number of aliphatic hydroxyl groups excluding tert-OH is 1. The Morgan fingerprint density at radius 2 is 2.16 bits per heavy atom. The van der Waals surface area contributed by atoms with E-state index in [1.54, 1.807) is 12.1 Å². The van der Waals surface area contributed by atoms with Crippen LogP contribution in [0.15, 0.2) is 53.6 Å². The summed E-state index contributed by atoms with van der Waals surface area (Å²) in [6.45, 7) is 7.86. The molecule has 1 aliphatic heterocycles. The summed E-state index contributed by atoms with van der Waals surface area (Å²) in [6.07, 6.45) is 0.614. The number of benzene rings is 1. The summed E-state index contributed by atoms with van der Waals surface area (Å²) in [7, 11) is 0. The lowest BCUT2D eigenvalue weighted by Crippen LogP contribution is -2.34. The van der Waals surface area contributed by atoms with E-state index in [2.05, 4.69) is 11.7 Å². The third-order valence-electron chi connectivity index (χ3n) is 3.98. The molecular formula is C18H21N3O4. The highest BCUT2D eigenvalue weighted by Gasteiger charge is 2.40. The molecule has 1 N–H and O–H groups in total. The van der Waals surface area contributed by atoms with E-state index in [1.807, 2.05) is 44.2 Å². The van der Waals surface area contributed by atoms with Crippen molar-refractivity contribution in [3.63, 3.8) is 0 Å². The Labute approximate surface area is 146 Å². The summed E-state index contributed by atoms with van der Waals surface area (Å²) in [4.78, 5) is 15.0. The van der Waals surface area contributed by atoms with Crippen LogP contribution in [0.2, 0.25) is 0 Å². The van der Waals surface area contributed by atoms with Gasteiger partial charge < -0.3 is 19.3 Å². The number of carbonyl (C=O) groups is 1. The lowest BCUT2D eigenvalue weighted by Gasteiger charge is -2.23. The molecule has 1 unspecified atom stereocenters. The molecule has 7 nitrogen and oxygen atoms in total. The van der Waals surface area contributed by atoms with Crippen LogP contribution in [0.1, 0.15) is 19.5 Å². The number of hydrogen-bond acceptors (Lipinski definition) is 5. The average molecular weight is 343 g/mol. The minimum absolute atomic E-state index is 0.184. The lowest BCUT2D eigenvalue weighted by molar-refractivity contribution is 0.0994. The maximum atomic E-state index is 12.4. The van der Waals surface area contributed by atoms with Crippen LogP contribution in [0, 0.1) is 0 Å². The maximum Gasteiger partial charge on any atom is 0.329 e. The normalized spacial score (nSPS) is 17.9. The number of aliphatic hydroxyl groups is 1. The van der Waals surface area contributed by atoms with Crippen LogP contribution < -0.4 is 9.64 Å². The van der Waals surface area contributed by atoms with Crippen LogP contribution in [-0.2, 0) is 5.60 Å². The zero-order valence-electron chi connectivity index (χ0n) is 14.3. The number of aromatic nitrogens is 1. The highest BCUT2D eigenvalue weighted by Crippen LogP contribution is 2.31. The van der Waals surface area contributed by atoms with Gasteiger partial charge in [0, 0.05) is 12.6 Å². The zero-order chi connectivity index (χ0) is 18.0. The van der Waals surface area contributed by atoms with Crippen molar-refractivity contribution in [1.82, 2.24) is 10.1 Å². The van der Waals surface area contributed by atoms with Crippen molar-refractivity contribution in [2.45, 2.75) is 25.7 Å². The van der Waals surface area contributed by atoms with Crippen LogP contribution >= 0.6 is 0 Å². The molecule has 1 atom stereocenters. The molecule has 1 saturated heterocycles. The highest BCUT2D eigenvalue weighted by molar-refractivity contribution is 5.93. The van der Waals surface area contributed by atoms with Crippen molar-refractivity contribution in [1.29, 1.82) is 0 Å². The quantitative estimate of drug-likeness (QED) is 0.816. The van der Waals surface area contributed by atoms with E-state index in [9.17, 15) is 9.90 Å². The number of β-amino-alcohol motifs (C(OH)–C–C–N with tert-alkyl or cyclic N) is 1. The Morgan fingerprint density at radius 3 is 2.84 bits per heavy atom. The summed E-state index contributed by atoms with van der Waals surface area (Å²) in [5, 5.41) is 14.2. The number of urea groups is 1. The van der Waals surface area contributed by atoms with Crippen molar-refractivity contribution < 1.29 is 19.2 Å². The first-order chi connectivity index (χ1) is 11.9. The second kappa shape index (κ2) is 6.60. The van der Waals surface area contributed by atoms with Gasteiger partial charge in [0.05, 0.1) is 6.54 Å². The van der Waals surface area contributed by atoms with E-state index < -0.39 is 11.8 Å². The van der Waals surface area contributed by atoms with Crippen LogP contribution in [0.3, 0.4) is 0 Å². The SMILES string of the molecule is C=CCN1CC(O)N(c2cc(C(C)(C)Oc3ccccc3)no2)C1=O. The third kappa shape index (κ3) is 3.36. The van der Waals surface area contributed by atoms with Crippen LogP contribution in [0.5, 0.6) is 5.75 Å². The van der Waals surface area contributed by atoms with Gasteiger partial charge in [-0.1, -0.05) is 29.4 Å². The Morgan fingerprint density at radius 1 is 1.44 bits per heavy atom. The van der Waals surface area contributed by atoms with Gasteiger partial charge in [-0.15, -0.1) is 6.58 Å². The Bertz CT molecular complexity index is 757. The second-order valence-corrected chi connectivity index (χ2v) is 6.30. The first-order valence-electron chi connectivity index (χ1n) is 8.01. The van der Waals surface area contributed by atoms with Crippen LogP contribution in [-0.4, -0.2) is 40.5 Å². The Balaban J connectivity index is 1.80. The smallest absolute Gasteiger partial charge is 0.329 e. The molecule has 2 amide bonds. The fourth-order valence-electron chi connectivity index (χ4n) is 2.68. The molecule has 1 aromatic carbocycles. The number of hydrogen-bond donors (Lipinski definition) is 1. The molecule has 0 bridgehead atoms. The molecule has 2 aromatic rings. The summed E-state index contributed by atoms with van der Waals surface area (Å²) in [6, 6.07) is 10.6. The van der Waals surface area contributed by atoms with Crippen molar-refractivity contribution >= 4 is 11.9 Å². The number of nitrogens with zero attached hydrogens (tertiary/aromatic N) is 3. The van der Waals surface area contributed by atoms with Gasteiger partial charge in [-0.05, 0) is 26.0 Å². The standard InChI is InChI=1S/C18H21N3O4/c1-4-10-20-12-15(22)21(17(20)23)16-11-14(19-25-16)18(2,3)24-13-8-6-5-7-9-13/h4-9,11,15,22H,1,10,12H2,2-3H3. The average Bonchev–Trinajstić information content (AvgIpc) is 3.14. The van der Waals surface area contributed by atoms with E-state index in [1.165, 1.54) is 9.80 Å². The molecule has 1 aromatic heterocycles. The lowest BCUT2D eigenvalue weighted by atomic mass is 10.1. The fraction of sp³-hybridized carbons (Fsp3) is 0.333. The highest BCUT2D eigenvalue weighted by atomic mass is 16.5. The molecule has 0 aliphatic carbocycles. The van der Waals surface area contributed by atoms with E-state index in [0.29, 0.717) is 18.0 Å². The summed E-state index contributed by atoms with van der Waals surface area (Å²) in [5.74, 6) is 0.885. The summed E-state index contributed by atoms with van der Waals surface area (Å²) < 4.78 is 11.3. The zero-order valence-corrected chi connectivity index (χ0v) is 14.3. The second-order valence-electron chi connectivity index (χ2n) is 6.30. The van der Waals surface area contributed by atoms with Gasteiger partial charge in [-0.3, -0.25) is 0 Å². The van der Waals surface area contributed by atoms with E-state index >= 15 is 0 Å². The molecule has 0 saturated carbocycles. The maximum absolute atomic E-state index is 12.4. The number of ether oxygens (including phenoxy) is 1. The van der Waals surface area contributed by atoms with Gasteiger partial charge in [0.1, 0.15) is 17.0 Å². The predicted molar refractivity (Wildman–Crippen MR) is 92.3 cm³/mol. The van der Waals surface area contributed by atoms with E-state index in [4.69, 9.17) is 9.26 Å². The fourth-order valence-corrected chi connectivity index (χ4v) is 2.68. The van der Waals surface area contributed by atoms with Crippen molar-refractivity contribution in [3.8, 4) is 5.75 Å². The first kappa shape index (κ1) is 17.0. The summed E-state index contributed by atoms with van der Waals surface area (Å²) >= 11 is 0. The molecule has 0 radical (unpaired) electrons. The van der Waals surface area contributed by atoms with E-state index in [0.717, 1.165) is 0 Å². The summed E-state index contributed by atoms with van der Waals surface area (Å²) in [5.41, 5.74) is -0.244. The predicted octanol–water partition coefficient (Wildman–Crippen LogP) is 2.74. The molecule has 2 heterocycles. The van der Waals surface area contributed by atoms with Crippen molar-refractivity contribution in [2.24, 2.45) is 0 Å². The van der Waals surface area contributed by atoms with E-state index in [-0.39, 0.29) is 18.5 Å². The van der Waals surface area contributed by atoms with Crippen molar-refractivity contribution in [2.75, 3.05) is 18.0 Å². The van der Waals surface area contributed by atoms with Crippen molar-refractivity contribution in [3.05, 3.63) is 54.7 Å². The van der Waals surface area contributed by atoms with Gasteiger partial charge in [-0.2, -0.15) is 0 Å². The third-order valence-corrected chi connectivity index (χ3v) is 3.98. The molecule has 25 heavy (non-hydrogen) atoms. The minimum atomic E-state index is -0.994. The van der Waals surface area contributed by atoms with Gasteiger partial charge in [0.2, 0.25) is 5.88 Å². The number of amides is 2. The minimum Gasteiger partial charge on any atom is -0.481 e. The topological polar surface area (TPSA) is 79.0 Å².